The monoisotopic (exact) mass is 313 g/mol. The van der Waals surface area contributed by atoms with Crippen molar-refractivity contribution in [2.24, 2.45) is 5.92 Å². The number of halogens is 1. The number of aryl methyl sites for hydroxylation is 1. The van der Waals surface area contributed by atoms with E-state index in [1.165, 1.54) is 12.8 Å². The van der Waals surface area contributed by atoms with Gasteiger partial charge in [0.25, 0.3) is 0 Å². The summed E-state index contributed by atoms with van der Waals surface area (Å²) in [4.78, 5) is 12.2. The molecule has 0 bridgehead atoms. The summed E-state index contributed by atoms with van der Waals surface area (Å²) < 4.78 is 2.59. The van der Waals surface area contributed by atoms with E-state index in [9.17, 15) is 4.79 Å². The summed E-state index contributed by atoms with van der Waals surface area (Å²) in [7, 11) is 0. The molecule has 0 atom stereocenters. The van der Waals surface area contributed by atoms with Gasteiger partial charge >= 0.3 is 0 Å². The van der Waals surface area contributed by atoms with Crippen LogP contribution in [0.1, 0.15) is 43.1 Å². The van der Waals surface area contributed by atoms with Crippen molar-refractivity contribution in [3.8, 4) is 0 Å². The number of rotatable bonds is 5. The number of hydrogen-bond donors (Lipinski definition) is 1. The minimum Gasteiger partial charge on any atom is -0.317 e. The molecule has 1 aromatic rings. The van der Waals surface area contributed by atoms with Crippen molar-refractivity contribution in [1.82, 2.24) is 15.1 Å². The molecule has 1 saturated heterocycles. The van der Waals surface area contributed by atoms with Crippen molar-refractivity contribution >= 4 is 21.7 Å². The zero-order chi connectivity index (χ0) is 13.0. The first-order valence-corrected chi connectivity index (χ1v) is 7.47. The quantitative estimate of drug-likeness (QED) is 0.850. The van der Waals surface area contributed by atoms with Crippen LogP contribution in [0.5, 0.6) is 0 Å². The van der Waals surface area contributed by atoms with Crippen molar-refractivity contribution in [3.63, 3.8) is 0 Å². The van der Waals surface area contributed by atoms with Gasteiger partial charge in [0.05, 0.1) is 10.7 Å². The zero-order valence-corrected chi connectivity index (χ0v) is 12.4. The molecule has 5 heteroatoms. The largest absolute Gasteiger partial charge is 0.317 e. The lowest BCUT2D eigenvalue weighted by Gasteiger charge is -2.22. The molecule has 0 aliphatic carbocycles. The number of ketones is 1. The lowest BCUT2D eigenvalue weighted by atomic mass is 9.92. The van der Waals surface area contributed by atoms with E-state index >= 15 is 0 Å². The van der Waals surface area contributed by atoms with Crippen LogP contribution >= 0.6 is 15.9 Å². The van der Waals surface area contributed by atoms with Gasteiger partial charge in [-0.15, -0.1) is 0 Å². The Bertz CT molecular complexity index is 410. The molecule has 1 N–H and O–H groups in total. The Kier molecular flexibility index (Phi) is 4.95. The summed E-state index contributed by atoms with van der Waals surface area (Å²) in [6.07, 6.45) is 5.74. The molecule has 1 aliphatic heterocycles. The third kappa shape index (κ3) is 3.20. The number of nitrogens with zero attached hydrogens (tertiary/aromatic N) is 2. The van der Waals surface area contributed by atoms with Crippen LogP contribution in [0.2, 0.25) is 0 Å². The standard InChI is InChI=1S/C13H20BrN3O/c1-2-17-13(11(14)9-16-17)12(18)4-3-10-5-7-15-8-6-10/h9-10,15H,2-8H2,1H3. The van der Waals surface area contributed by atoms with Crippen LogP contribution in [0.15, 0.2) is 10.7 Å². The molecule has 4 nitrogen and oxygen atoms in total. The second-order valence-corrected chi connectivity index (χ2v) is 5.67. The second-order valence-electron chi connectivity index (χ2n) is 4.81. The lowest BCUT2D eigenvalue weighted by Crippen LogP contribution is -2.28. The molecule has 2 rings (SSSR count). The summed E-state index contributed by atoms with van der Waals surface area (Å²) in [5, 5.41) is 7.54. The SMILES string of the molecule is CCn1ncc(Br)c1C(=O)CCC1CCNCC1. The van der Waals surface area contributed by atoms with E-state index < -0.39 is 0 Å². The Morgan fingerprint density at radius 1 is 1.56 bits per heavy atom. The Balaban J connectivity index is 1.92. The van der Waals surface area contributed by atoms with E-state index in [2.05, 4.69) is 26.3 Å². The first kappa shape index (κ1) is 13.7. The molecule has 0 saturated carbocycles. The van der Waals surface area contributed by atoms with Crippen LogP contribution in [0.25, 0.3) is 0 Å². The molecule has 1 aromatic heterocycles. The van der Waals surface area contributed by atoms with Crippen LogP contribution in [0.4, 0.5) is 0 Å². The fourth-order valence-corrected chi connectivity index (χ4v) is 3.02. The van der Waals surface area contributed by atoms with E-state index in [1.54, 1.807) is 10.9 Å². The van der Waals surface area contributed by atoms with Crippen molar-refractivity contribution in [1.29, 1.82) is 0 Å². The molecule has 0 aromatic carbocycles. The number of piperidine rings is 1. The number of carbonyl (C=O) groups is 1. The molecular weight excluding hydrogens is 294 g/mol. The minimum absolute atomic E-state index is 0.208. The first-order chi connectivity index (χ1) is 8.72. The van der Waals surface area contributed by atoms with Crippen LogP contribution in [0, 0.1) is 5.92 Å². The highest BCUT2D eigenvalue weighted by molar-refractivity contribution is 9.10. The predicted molar refractivity (Wildman–Crippen MR) is 74.8 cm³/mol. The van der Waals surface area contributed by atoms with Crippen molar-refractivity contribution in [2.45, 2.75) is 39.2 Å². The number of nitrogens with one attached hydrogen (secondary N) is 1. The fraction of sp³-hybridized carbons (Fsp3) is 0.692. The molecule has 1 aliphatic rings. The normalized spacial score (nSPS) is 17.0. The number of carbonyl (C=O) groups excluding carboxylic acids is 1. The van der Waals surface area contributed by atoms with Crippen LogP contribution in [-0.2, 0) is 6.54 Å². The molecule has 0 amide bonds. The summed E-state index contributed by atoms with van der Waals surface area (Å²) in [6.45, 7) is 4.92. The number of hydrogen-bond acceptors (Lipinski definition) is 3. The maximum Gasteiger partial charge on any atom is 0.182 e. The second kappa shape index (κ2) is 6.48. The topological polar surface area (TPSA) is 46.9 Å². The van der Waals surface area contributed by atoms with Crippen LogP contribution < -0.4 is 5.32 Å². The molecule has 0 spiro atoms. The van der Waals surface area contributed by atoms with Crippen molar-refractivity contribution in [3.05, 3.63) is 16.4 Å². The van der Waals surface area contributed by atoms with E-state index in [0.29, 0.717) is 12.3 Å². The van der Waals surface area contributed by atoms with Gasteiger partial charge in [-0.05, 0) is 61.1 Å². The van der Waals surface area contributed by atoms with Gasteiger partial charge in [0.15, 0.2) is 5.78 Å². The maximum absolute atomic E-state index is 12.2. The number of Topliss-reactive ketones (excluding diaryl/α,β-unsaturated/α-hetero) is 1. The highest BCUT2D eigenvalue weighted by atomic mass is 79.9. The average molecular weight is 314 g/mol. The smallest absolute Gasteiger partial charge is 0.182 e. The van der Waals surface area contributed by atoms with Gasteiger partial charge in [0.1, 0.15) is 5.69 Å². The van der Waals surface area contributed by atoms with Gasteiger partial charge in [-0.1, -0.05) is 0 Å². The van der Waals surface area contributed by atoms with E-state index in [-0.39, 0.29) is 5.78 Å². The molecule has 100 valence electrons. The fourth-order valence-electron chi connectivity index (χ4n) is 2.50. The average Bonchev–Trinajstić information content (AvgIpc) is 2.78. The van der Waals surface area contributed by atoms with E-state index in [1.807, 2.05) is 6.92 Å². The summed E-state index contributed by atoms with van der Waals surface area (Å²) in [6, 6.07) is 0. The minimum atomic E-state index is 0.208. The van der Waals surface area contributed by atoms with E-state index in [0.717, 1.165) is 36.2 Å². The van der Waals surface area contributed by atoms with Gasteiger partial charge in [-0.2, -0.15) is 5.10 Å². The summed E-state index contributed by atoms with van der Waals surface area (Å²) in [5.41, 5.74) is 0.728. The van der Waals surface area contributed by atoms with Crippen molar-refractivity contribution in [2.75, 3.05) is 13.1 Å². The Morgan fingerprint density at radius 3 is 2.94 bits per heavy atom. The molecule has 1 fully saturated rings. The van der Waals surface area contributed by atoms with Crippen LogP contribution in [0.3, 0.4) is 0 Å². The number of aromatic nitrogens is 2. The Labute approximate surface area is 116 Å². The van der Waals surface area contributed by atoms with Gasteiger partial charge in [0.2, 0.25) is 0 Å². The predicted octanol–water partition coefficient (Wildman–Crippen LogP) is 2.63. The highest BCUT2D eigenvalue weighted by Gasteiger charge is 2.19. The van der Waals surface area contributed by atoms with Crippen molar-refractivity contribution < 1.29 is 4.79 Å². The van der Waals surface area contributed by atoms with E-state index in [4.69, 9.17) is 0 Å². The highest BCUT2D eigenvalue weighted by Crippen LogP contribution is 2.22. The first-order valence-electron chi connectivity index (χ1n) is 6.67. The van der Waals surface area contributed by atoms with Gasteiger partial charge in [-0.3, -0.25) is 9.48 Å². The molecular formula is C13H20BrN3O. The Hall–Kier alpha value is -0.680. The molecule has 0 radical (unpaired) electrons. The third-order valence-electron chi connectivity index (χ3n) is 3.60. The van der Waals surface area contributed by atoms with Gasteiger partial charge in [0, 0.05) is 13.0 Å². The van der Waals surface area contributed by atoms with Gasteiger partial charge < -0.3 is 5.32 Å². The van der Waals surface area contributed by atoms with Gasteiger partial charge in [-0.25, -0.2) is 0 Å². The summed E-state index contributed by atoms with van der Waals surface area (Å²) in [5.74, 6) is 0.909. The molecule has 2 heterocycles. The lowest BCUT2D eigenvalue weighted by molar-refractivity contribution is 0.0959. The third-order valence-corrected chi connectivity index (χ3v) is 4.18. The molecule has 0 unspecified atom stereocenters. The maximum atomic E-state index is 12.2. The van der Waals surface area contributed by atoms with Crippen LogP contribution in [-0.4, -0.2) is 28.7 Å². The Morgan fingerprint density at radius 2 is 2.28 bits per heavy atom. The zero-order valence-electron chi connectivity index (χ0n) is 10.8. The molecule has 18 heavy (non-hydrogen) atoms. The summed E-state index contributed by atoms with van der Waals surface area (Å²) >= 11 is 3.41.